The van der Waals surface area contributed by atoms with Crippen molar-refractivity contribution in [1.82, 2.24) is 0 Å². The first kappa shape index (κ1) is 15.7. The fourth-order valence-electron chi connectivity index (χ4n) is 1.73. The molecule has 0 unspecified atom stereocenters. The Kier molecular flexibility index (Phi) is 5.54. The van der Waals surface area contributed by atoms with Gasteiger partial charge in [0.2, 0.25) is 0 Å². The van der Waals surface area contributed by atoms with Crippen LogP contribution in [-0.4, -0.2) is 26.7 Å². The lowest BCUT2D eigenvalue weighted by Crippen LogP contribution is -2.12. The van der Waals surface area contributed by atoms with Gasteiger partial charge in [0.15, 0.2) is 9.84 Å². The van der Waals surface area contributed by atoms with Gasteiger partial charge in [-0.25, -0.2) is 8.42 Å². The van der Waals surface area contributed by atoms with E-state index in [0.717, 1.165) is 5.56 Å². The van der Waals surface area contributed by atoms with Gasteiger partial charge in [-0.05, 0) is 30.5 Å². The van der Waals surface area contributed by atoms with Crippen molar-refractivity contribution in [2.75, 3.05) is 12.4 Å². The summed E-state index contributed by atoms with van der Waals surface area (Å²) in [5.74, 6) is -0.0889. The largest absolute Gasteiger partial charge is 0.466 e. The van der Waals surface area contributed by atoms with E-state index in [1.165, 1.54) is 0 Å². The van der Waals surface area contributed by atoms with Gasteiger partial charge in [-0.3, -0.25) is 4.79 Å². The highest BCUT2D eigenvalue weighted by Gasteiger charge is 2.16. The van der Waals surface area contributed by atoms with Crippen molar-refractivity contribution in [1.29, 1.82) is 0 Å². The van der Waals surface area contributed by atoms with Gasteiger partial charge in [-0.1, -0.05) is 26.0 Å². The molecule has 0 atom stereocenters. The lowest BCUT2D eigenvalue weighted by atomic mass is 10.1. The minimum absolute atomic E-state index is 0.0872. The summed E-state index contributed by atoms with van der Waals surface area (Å²) in [7, 11) is -3.23. The van der Waals surface area contributed by atoms with E-state index >= 15 is 0 Å². The van der Waals surface area contributed by atoms with Crippen LogP contribution in [0.25, 0.3) is 0 Å². The summed E-state index contributed by atoms with van der Waals surface area (Å²) in [6.07, 6.45) is 0.165. The molecule has 0 N–H and O–H groups in total. The van der Waals surface area contributed by atoms with Crippen LogP contribution in [0.1, 0.15) is 26.3 Å². The Hall–Kier alpha value is -1.36. The molecular weight excluding hydrogens is 264 g/mol. The van der Waals surface area contributed by atoms with E-state index in [9.17, 15) is 13.2 Å². The van der Waals surface area contributed by atoms with Gasteiger partial charge in [-0.15, -0.1) is 0 Å². The molecule has 0 spiro atoms. The molecule has 0 radical (unpaired) electrons. The van der Waals surface area contributed by atoms with Crippen LogP contribution in [0.2, 0.25) is 0 Å². The molecule has 0 amide bonds. The zero-order chi connectivity index (χ0) is 14.5. The van der Waals surface area contributed by atoms with E-state index in [1.54, 1.807) is 31.2 Å². The second-order valence-electron chi connectivity index (χ2n) is 4.80. The summed E-state index contributed by atoms with van der Waals surface area (Å²) < 4.78 is 28.8. The molecule has 0 aliphatic carbocycles. The number of ether oxygens (including phenoxy) is 1. The average molecular weight is 284 g/mol. The lowest BCUT2D eigenvalue weighted by molar-refractivity contribution is -0.142. The Morgan fingerprint density at radius 3 is 2.26 bits per heavy atom. The number of benzene rings is 1. The standard InChI is InChI=1S/C14H20O4S/c1-4-18-14(15)9-12-5-7-13(8-6-12)19(16,17)10-11(2)3/h5-8,11H,4,9-10H2,1-3H3. The normalized spacial score (nSPS) is 11.6. The molecule has 4 nitrogen and oxygen atoms in total. The van der Waals surface area contributed by atoms with Crippen LogP contribution in [-0.2, 0) is 25.8 Å². The predicted molar refractivity (Wildman–Crippen MR) is 73.7 cm³/mol. The van der Waals surface area contributed by atoms with Crippen molar-refractivity contribution in [3.63, 3.8) is 0 Å². The summed E-state index contributed by atoms with van der Waals surface area (Å²) in [6.45, 7) is 5.83. The average Bonchev–Trinajstić information content (AvgIpc) is 2.28. The van der Waals surface area contributed by atoms with Crippen LogP contribution < -0.4 is 0 Å². The number of hydrogen-bond acceptors (Lipinski definition) is 4. The number of sulfone groups is 1. The first-order chi connectivity index (χ1) is 8.85. The third kappa shape index (κ3) is 5.03. The molecular formula is C14H20O4S. The van der Waals surface area contributed by atoms with Crippen molar-refractivity contribution in [3.05, 3.63) is 29.8 Å². The smallest absolute Gasteiger partial charge is 0.310 e. The molecule has 0 aromatic heterocycles. The van der Waals surface area contributed by atoms with Crippen LogP contribution in [0.4, 0.5) is 0 Å². The van der Waals surface area contributed by atoms with Crippen LogP contribution in [0.15, 0.2) is 29.2 Å². The molecule has 1 aromatic carbocycles. The number of rotatable bonds is 6. The maximum atomic E-state index is 12.0. The minimum atomic E-state index is -3.23. The molecule has 0 heterocycles. The first-order valence-corrected chi connectivity index (χ1v) is 7.97. The summed E-state index contributed by atoms with van der Waals surface area (Å²) in [6, 6.07) is 6.41. The van der Waals surface area contributed by atoms with E-state index in [4.69, 9.17) is 4.74 Å². The van der Waals surface area contributed by atoms with Crippen molar-refractivity contribution >= 4 is 15.8 Å². The van der Waals surface area contributed by atoms with Crippen LogP contribution in [0.5, 0.6) is 0 Å². The zero-order valence-electron chi connectivity index (χ0n) is 11.5. The summed E-state index contributed by atoms with van der Waals surface area (Å²) in [4.78, 5) is 11.6. The third-order valence-corrected chi connectivity index (χ3v) is 4.58. The van der Waals surface area contributed by atoms with Gasteiger partial charge >= 0.3 is 5.97 Å². The molecule has 0 bridgehead atoms. The molecule has 1 aromatic rings. The molecule has 0 fully saturated rings. The monoisotopic (exact) mass is 284 g/mol. The van der Waals surface area contributed by atoms with Crippen molar-refractivity contribution in [2.24, 2.45) is 5.92 Å². The number of esters is 1. The molecule has 106 valence electrons. The Bertz CT molecular complexity index is 515. The first-order valence-electron chi connectivity index (χ1n) is 6.32. The van der Waals surface area contributed by atoms with Crippen molar-refractivity contribution < 1.29 is 17.9 Å². The maximum absolute atomic E-state index is 12.0. The highest BCUT2D eigenvalue weighted by molar-refractivity contribution is 7.91. The molecule has 5 heteroatoms. The van der Waals surface area contributed by atoms with E-state index in [2.05, 4.69) is 0 Å². The fraction of sp³-hybridized carbons (Fsp3) is 0.500. The van der Waals surface area contributed by atoms with E-state index in [1.807, 2.05) is 13.8 Å². The van der Waals surface area contributed by atoms with Gasteiger partial charge in [0.1, 0.15) is 0 Å². The van der Waals surface area contributed by atoms with Gasteiger partial charge in [0.25, 0.3) is 0 Å². The highest BCUT2D eigenvalue weighted by atomic mass is 32.2. The Morgan fingerprint density at radius 2 is 1.79 bits per heavy atom. The van der Waals surface area contributed by atoms with E-state index in [-0.39, 0.29) is 24.1 Å². The Labute approximate surface area is 114 Å². The van der Waals surface area contributed by atoms with Gasteiger partial charge in [0, 0.05) is 0 Å². The van der Waals surface area contributed by atoms with Crippen LogP contribution in [0, 0.1) is 5.92 Å². The van der Waals surface area contributed by atoms with Gasteiger partial charge in [0.05, 0.1) is 23.7 Å². The summed E-state index contributed by atoms with van der Waals surface area (Å²) >= 11 is 0. The highest BCUT2D eigenvalue weighted by Crippen LogP contribution is 2.15. The third-order valence-electron chi connectivity index (χ3n) is 2.49. The second kappa shape index (κ2) is 6.70. The van der Waals surface area contributed by atoms with Crippen molar-refractivity contribution in [2.45, 2.75) is 32.1 Å². The lowest BCUT2D eigenvalue weighted by Gasteiger charge is -2.08. The summed E-state index contributed by atoms with van der Waals surface area (Å²) in [5.41, 5.74) is 0.752. The predicted octanol–water partition coefficient (Wildman–Crippen LogP) is 2.22. The molecule has 19 heavy (non-hydrogen) atoms. The van der Waals surface area contributed by atoms with Gasteiger partial charge in [-0.2, -0.15) is 0 Å². The van der Waals surface area contributed by atoms with Crippen LogP contribution >= 0.6 is 0 Å². The van der Waals surface area contributed by atoms with Crippen LogP contribution in [0.3, 0.4) is 0 Å². The minimum Gasteiger partial charge on any atom is -0.466 e. The Morgan fingerprint density at radius 1 is 1.21 bits per heavy atom. The van der Waals surface area contributed by atoms with E-state index in [0.29, 0.717) is 11.5 Å². The Balaban J connectivity index is 2.79. The molecule has 0 saturated carbocycles. The quantitative estimate of drug-likeness (QED) is 0.752. The van der Waals surface area contributed by atoms with E-state index < -0.39 is 9.84 Å². The molecule has 0 saturated heterocycles. The van der Waals surface area contributed by atoms with Crippen molar-refractivity contribution in [3.8, 4) is 0 Å². The maximum Gasteiger partial charge on any atom is 0.310 e. The second-order valence-corrected chi connectivity index (χ2v) is 6.84. The molecule has 0 aliphatic rings. The zero-order valence-corrected chi connectivity index (χ0v) is 12.4. The number of carbonyl (C=O) groups is 1. The fourth-order valence-corrected chi connectivity index (χ4v) is 3.35. The SMILES string of the molecule is CCOC(=O)Cc1ccc(S(=O)(=O)CC(C)C)cc1. The number of hydrogen-bond donors (Lipinski definition) is 0. The summed E-state index contributed by atoms with van der Waals surface area (Å²) in [5, 5.41) is 0. The van der Waals surface area contributed by atoms with Gasteiger partial charge < -0.3 is 4.74 Å². The molecule has 0 aliphatic heterocycles. The molecule has 1 rings (SSSR count). The number of carbonyl (C=O) groups excluding carboxylic acids is 1. The topological polar surface area (TPSA) is 60.4 Å².